The molecule has 2 heterocycles. The summed E-state index contributed by atoms with van der Waals surface area (Å²) in [6.45, 7) is 3.96. The predicted molar refractivity (Wildman–Crippen MR) is 87.8 cm³/mol. The molecule has 0 spiro atoms. The highest BCUT2D eigenvalue weighted by Gasteiger charge is 2.48. The Morgan fingerprint density at radius 3 is 2.62 bits per heavy atom. The molecule has 140 valence electrons. The van der Waals surface area contributed by atoms with Crippen molar-refractivity contribution in [2.45, 2.75) is 24.4 Å². The summed E-state index contributed by atoms with van der Waals surface area (Å²) in [5.74, 6) is -0.484. The Morgan fingerprint density at radius 1 is 1.15 bits per heavy atom. The molecule has 0 amide bonds. The molecule has 0 bridgehead atoms. The van der Waals surface area contributed by atoms with Crippen LogP contribution in [0.2, 0.25) is 0 Å². The highest BCUT2D eigenvalue weighted by molar-refractivity contribution is 5.89. The van der Waals surface area contributed by atoms with E-state index < -0.39 is 36.4 Å². The van der Waals surface area contributed by atoms with E-state index >= 15 is 0 Å². The molecule has 0 aliphatic carbocycles. The Labute approximate surface area is 150 Å². The van der Waals surface area contributed by atoms with E-state index in [9.17, 15) is 14.7 Å². The molecule has 2 aliphatic rings. The number of benzene rings is 1. The van der Waals surface area contributed by atoms with Crippen molar-refractivity contribution in [1.82, 2.24) is 0 Å². The number of ether oxygens (including phenoxy) is 5. The molecule has 3 rings (SSSR count). The van der Waals surface area contributed by atoms with Crippen LogP contribution >= 0.6 is 0 Å². The Morgan fingerprint density at radius 2 is 1.88 bits per heavy atom. The van der Waals surface area contributed by atoms with E-state index in [4.69, 9.17) is 23.7 Å². The molecule has 1 unspecified atom stereocenters. The first-order valence-electron chi connectivity index (χ1n) is 8.23. The number of hydrogen-bond donors (Lipinski definition) is 1. The second-order valence-electron chi connectivity index (χ2n) is 5.85. The van der Waals surface area contributed by atoms with E-state index in [-0.39, 0.29) is 26.4 Å². The van der Waals surface area contributed by atoms with Crippen LogP contribution in [0.25, 0.3) is 0 Å². The third-order valence-electron chi connectivity index (χ3n) is 4.09. The third kappa shape index (κ3) is 4.21. The van der Waals surface area contributed by atoms with Gasteiger partial charge < -0.3 is 28.8 Å². The van der Waals surface area contributed by atoms with Gasteiger partial charge in [0, 0.05) is 6.08 Å². The average molecular weight is 364 g/mol. The quantitative estimate of drug-likeness (QED) is 0.424. The predicted octanol–water partition coefficient (Wildman–Crippen LogP) is 0.478. The molecule has 2 saturated heterocycles. The van der Waals surface area contributed by atoms with Gasteiger partial charge in [0.25, 0.3) is 0 Å². The summed E-state index contributed by atoms with van der Waals surface area (Å²) in [6.07, 6.45) is -1.03. The van der Waals surface area contributed by atoms with Crippen molar-refractivity contribution in [3.05, 3.63) is 42.5 Å². The second kappa shape index (κ2) is 8.31. The maximum Gasteiger partial charge on any atom is 0.338 e. The van der Waals surface area contributed by atoms with Gasteiger partial charge in [-0.1, -0.05) is 6.58 Å². The Hall–Kier alpha value is -2.42. The smallest absolute Gasteiger partial charge is 0.338 e. The van der Waals surface area contributed by atoms with Gasteiger partial charge in [0.1, 0.15) is 37.3 Å². The molecule has 0 aromatic heterocycles. The van der Waals surface area contributed by atoms with Crippen LogP contribution in [0.3, 0.4) is 0 Å². The topological polar surface area (TPSA) is 101 Å². The lowest BCUT2D eigenvalue weighted by atomic mass is 10.1. The van der Waals surface area contributed by atoms with Crippen molar-refractivity contribution >= 4 is 11.9 Å². The molecule has 2 aliphatic heterocycles. The van der Waals surface area contributed by atoms with Crippen LogP contribution in [0, 0.1) is 0 Å². The molecule has 0 saturated carbocycles. The lowest BCUT2D eigenvalue weighted by molar-refractivity contribution is -0.138. The summed E-state index contributed by atoms with van der Waals surface area (Å²) in [4.78, 5) is 23.1. The zero-order valence-electron chi connectivity index (χ0n) is 14.0. The van der Waals surface area contributed by atoms with E-state index in [0.717, 1.165) is 6.08 Å². The zero-order valence-corrected chi connectivity index (χ0v) is 14.0. The number of esters is 2. The normalized spacial score (nSPS) is 26.8. The molecule has 2 fully saturated rings. The lowest BCUT2D eigenvalue weighted by Gasteiger charge is -2.16. The van der Waals surface area contributed by atoms with Gasteiger partial charge in [0.15, 0.2) is 6.10 Å². The number of hydrogen-bond acceptors (Lipinski definition) is 8. The second-order valence-corrected chi connectivity index (χ2v) is 5.85. The number of rotatable bonds is 7. The first-order valence-corrected chi connectivity index (χ1v) is 8.23. The van der Waals surface area contributed by atoms with Crippen molar-refractivity contribution < 1.29 is 38.4 Å². The molecule has 8 nitrogen and oxygen atoms in total. The number of carbonyl (C=O) groups is 2. The van der Waals surface area contributed by atoms with Gasteiger partial charge in [-0.3, -0.25) is 0 Å². The molecule has 1 aromatic rings. The average Bonchev–Trinajstić information content (AvgIpc) is 3.22. The minimum Gasteiger partial charge on any atom is -0.490 e. The maximum atomic E-state index is 12.2. The molecular formula is C18H20O8. The number of aliphatic hydroxyl groups excluding tert-OH is 1. The summed E-state index contributed by atoms with van der Waals surface area (Å²) < 4.78 is 26.5. The minimum absolute atomic E-state index is 0.102. The van der Waals surface area contributed by atoms with Gasteiger partial charge in [-0.2, -0.15) is 0 Å². The fourth-order valence-electron chi connectivity index (χ4n) is 2.80. The Bertz CT molecular complexity index is 656. The van der Waals surface area contributed by atoms with E-state index in [2.05, 4.69) is 6.58 Å². The van der Waals surface area contributed by atoms with Gasteiger partial charge in [0.05, 0.1) is 18.8 Å². The van der Waals surface area contributed by atoms with Crippen LogP contribution in [0.1, 0.15) is 10.4 Å². The van der Waals surface area contributed by atoms with E-state index in [0.29, 0.717) is 11.3 Å². The van der Waals surface area contributed by atoms with Gasteiger partial charge in [-0.05, 0) is 24.3 Å². The largest absolute Gasteiger partial charge is 0.490 e. The Kier molecular flexibility index (Phi) is 5.87. The third-order valence-corrected chi connectivity index (χ3v) is 4.09. The SMILES string of the molecule is C=CC(=O)OCCOc1ccc(C(=O)OC2CO[C@@H]3[C@H](O)CO[C@H]23)cc1. The summed E-state index contributed by atoms with van der Waals surface area (Å²) >= 11 is 0. The van der Waals surface area contributed by atoms with E-state index in [1.54, 1.807) is 24.3 Å². The van der Waals surface area contributed by atoms with Gasteiger partial charge in [-0.15, -0.1) is 0 Å². The summed E-state index contributed by atoms with van der Waals surface area (Å²) in [5, 5.41) is 9.70. The first kappa shape index (κ1) is 18.4. The molecule has 4 atom stereocenters. The van der Waals surface area contributed by atoms with Crippen LogP contribution in [-0.4, -0.2) is 67.9 Å². The minimum atomic E-state index is -0.689. The maximum absolute atomic E-state index is 12.2. The van der Waals surface area contributed by atoms with Crippen molar-refractivity contribution in [2.24, 2.45) is 0 Å². The molecule has 0 radical (unpaired) electrons. The number of fused-ring (bicyclic) bond motifs is 1. The summed E-state index contributed by atoms with van der Waals surface area (Å²) in [6, 6.07) is 6.39. The molecule has 1 aromatic carbocycles. The van der Waals surface area contributed by atoms with Gasteiger partial charge in [-0.25, -0.2) is 9.59 Å². The van der Waals surface area contributed by atoms with Crippen LogP contribution < -0.4 is 4.74 Å². The van der Waals surface area contributed by atoms with Crippen LogP contribution in [0.15, 0.2) is 36.9 Å². The van der Waals surface area contributed by atoms with Crippen LogP contribution in [0.5, 0.6) is 5.75 Å². The number of carbonyl (C=O) groups excluding carboxylic acids is 2. The summed E-state index contributed by atoms with van der Waals surface area (Å²) in [7, 11) is 0. The van der Waals surface area contributed by atoms with Gasteiger partial charge in [0.2, 0.25) is 0 Å². The fourth-order valence-corrected chi connectivity index (χ4v) is 2.80. The molecular weight excluding hydrogens is 344 g/mol. The van der Waals surface area contributed by atoms with Crippen molar-refractivity contribution in [3.63, 3.8) is 0 Å². The van der Waals surface area contributed by atoms with Crippen molar-refractivity contribution in [3.8, 4) is 5.75 Å². The van der Waals surface area contributed by atoms with Crippen LogP contribution in [-0.2, 0) is 23.7 Å². The molecule has 1 N–H and O–H groups in total. The zero-order chi connectivity index (χ0) is 18.5. The molecule has 8 heteroatoms. The van der Waals surface area contributed by atoms with E-state index in [1.807, 2.05) is 0 Å². The number of aliphatic hydroxyl groups is 1. The van der Waals surface area contributed by atoms with Crippen molar-refractivity contribution in [1.29, 1.82) is 0 Å². The monoisotopic (exact) mass is 364 g/mol. The first-order chi connectivity index (χ1) is 12.6. The highest BCUT2D eigenvalue weighted by atomic mass is 16.6. The van der Waals surface area contributed by atoms with Gasteiger partial charge >= 0.3 is 11.9 Å². The Balaban J connectivity index is 1.46. The van der Waals surface area contributed by atoms with Crippen LogP contribution in [0.4, 0.5) is 0 Å². The fraction of sp³-hybridized carbons (Fsp3) is 0.444. The standard InChI is InChI=1S/C18H20O8/c1-2-15(20)23-8-7-22-12-5-3-11(4-6-12)18(21)26-14-10-25-16-13(19)9-24-17(14)16/h2-6,13-14,16-17,19H,1,7-10H2/t13-,14?,16-,17-/m1/s1. The lowest BCUT2D eigenvalue weighted by Crippen LogP contribution is -2.34. The van der Waals surface area contributed by atoms with Crippen molar-refractivity contribution in [2.75, 3.05) is 26.4 Å². The highest BCUT2D eigenvalue weighted by Crippen LogP contribution is 2.29. The summed E-state index contributed by atoms with van der Waals surface area (Å²) in [5.41, 5.74) is 0.359. The molecule has 26 heavy (non-hydrogen) atoms. The van der Waals surface area contributed by atoms with E-state index in [1.165, 1.54) is 0 Å².